The molecular weight excluding hydrogens is 398 g/mol. The van der Waals surface area contributed by atoms with Crippen LogP contribution in [0.5, 0.6) is 0 Å². The number of nitrogens with one attached hydrogen (secondary N) is 5. The second-order valence-corrected chi connectivity index (χ2v) is 8.09. The SMILES string of the molecule is CCCCNc1nc2cc(n1)NCCC(=O)N[C@H](C(C)C)C(=O)N[C@@H](C)C(=O)NCC2. The molecule has 2 bridgehead atoms. The van der Waals surface area contributed by atoms with Crippen molar-refractivity contribution >= 4 is 29.5 Å². The zero-order chi connectivity index (χ0) is 22.8. The highest BCUT2D eigenvalue weighted by molar-refractivity contribution is 5.92. The Morgan fingerprint density at radius 1 is 1.06 bits per heavy atom. The molecule has 2 atom stereocenters. The highest BCUT2D eigenvalue weighted by Crippen LogP contribution is 2.12. The number of carbonyl (C=O) groups is 3. The second kappa shape index (κ2) is 12.1. The second-order valence-electron chi connectivity index (χ2n) is 8.09. The third-order valence-corrected chi connectivity index (χ3v) is 4.95. The van der Waals surface area contributed by atoms with Gasteiger partial charge in [-0.25, -0.2) is 4.98 Å². The summed E-state index contributed by atoms with van der Waals surface area (Å²) < 4.78 is 0. The summed E-state index contributed by atoms with van der Waals surface area (Å²) in [4.78, 5) is 46.3. The molecule has 0 aromatic carbocycles. The monoisotopic (exact) mass is 433 g/mol. The van der Waals surface area contributed by atoms with E-state index in [1.54, 1.807) is 6.92 Å². The zero-order valence-corrected chi connectivity index (χ0v) is 18.9. The van der Waals surface area contributed by atoms with Crippen molar-refractivity contribution in [2.75, 3.05) is 30.3 Å². The molecule has 0 radical (unpaired) electrons. The molecule has 1 aromatic rings. The number of rotatable bonds is 5. The van der Waals surface area contributed by atoms with Crippen LogP contribution in [0.4, 0.5) is 11.8 Å². The normalized spacial score (nSPS) is 21.0. The van der Waals surface area contributed by atoms with Crippen molar-refractivity contribution in [3.63, 3.8) is 0 Å². The molecule has 0 unspecified atom stereocenters. The van der Waals surface area contributed by atoms with Gasteiger partial charge in [-0.05, 0) is 19.3 Å². The Kier molecular flexibility index (Phi) is 9.48. The van der Waals surface area contributed by atoms with Crippen molar-refractivity contribution in [1.29, 1.82) is 0 Å². The molecule has 31 heavy (non-hydrogen) atoms. The first-order chi connectivity index (χ1) is 14.8. The number of hydrogen-bond acceptors (Lipinski definition) is 7. The molecule has 0 spiro atoms. The van der Waals surface area contributed by atoms with Crippen LogP contribution in [0.25, 0.3) is 0 Å². The molecule has 1 aliphatic rings. The van der Waals surface area contributed by atoms with Crippen molar-refractivity contribution in [3.8, 4) is 0 Å². The molecule has 5 N–H and O–H groups in total. The first kappa shape index (κ1) is 24.4. The van der Waals surface area contributed by atoms with Crippen LogP contribution in [0.15, 0.2) is 6.07 Å². The van der Waals surface area contributed by atoms with E-state index in [2.05, 4.69) is 43.5 Å². The first-order valence-corrected chi connectivity index (χ1v) is 11.0. The Labute approximate surface area is 183 Å². The summed E-state index contributed by atoms with van der Waals surface area (Å²) in [5, 5.41) is 14.7. The van der Waals surface area contributed by atoms with Crippen LogP contribution >= 0.6 is 0 Å². The van der Waals surface area contributed by atoms with E-state index in [0.717, 1.165) is 25.1 Å². The van der Waals surface area contributed by atoms with Crippen molar-refractivity contribution in [2.45, 2.75) is 65.5 Å². The van der Waals surface area contributed by atoms with Crippen molar-refractivity contribution < 1.29 is 14.4 Å². The average Bonchev–Trinajstić information content (AvgIpc) is 2.71. The number of anilines is 2. The smallest absolute Gasteiger partial charge is 0.243 e. The van der Waals surface area contributed by atoms with Gasteiger partial charge in [-0.2, -0.15) is 4.98 Å². The number of unbranched alkanes of at least 4 members (excludes halogenated alkanes) is 1. The van der Waals surface area contributed by atoms with Gasteiger partial charge in [0.05, 0.1) is 0 Å². The molecule has 1 aliphatic heterocycles. The minimum atomic E-state index is -0.715. The molecule has 0 saturated carbocycles. The van der Waals surface area contributed by atoms with E-state index < -0.39 is 12.1 Å². The lowest BCUT2D eigenvalue weighted by molar-refractivity contribution is -0.132. The Hall–Kier alpha value is -2.91. The van der Waals surface area contributed by atoms with E-state index in [4.69, 9.17) is 0 Å². The molecule has 3 amide bonds. The molecule has 10 nitrogen and oxygen atoms in total. The summed E-state index contributed by atoms with van der Waals surface area (Å²) in [5.74, 6) is 0.103. The fraction of sp³-hybridized carbons (Fsp3) is 0.667. The van der Waals surface area contributed by atoms with Crippen molar-refractivity contribution in [2.24, 2.45) is 5.92 Å². The van der Waals surface area contributed by atoms with E-state index in [0.29, 0.717) is 31.3 Å². The van der Waals surface area contributed by atoms with Gasteiger partial charge in [-0.3, -0.25) is 14.4 Å². The summed E-state index contributed by atoms with van der Waals surface area (Å²) in [6, 6.07) is 0.395. The molecule has 0 aliphatic carbocycles. The fourth-order valence-corrected chi connectivity index (χ4v) is 3.09. The van der Waals surface area contributed by atoms with E-state index in [1.165, 1.54) is 0 Å². The minimum absolute atomic E-state index is 0.118. The maximum absolute atomic E-state index is 12.6. The van der Waals surface area contributed by atoms with Gasteiger partial charge in [0.15, 0.2) is 0 Å². The fourth-order valence-electron chi connectivity index (χ4n) is 3.09. The van der Waals surface area contributed by atoms with E-state index >= 15 is 0 Å². The highest BCUT2D eigenvalue weighted by atomic mass is 16.2. The molecular formula is C21H35N7O3. The van der Waals surface area contributed by atoms with Gasteiger partial charge in [0, 0.05) is 44.2 Å². The maximum Gasteiger partial charge on any atom is 0.243 e. The Morgan fingerprint density at radius 2 is 1.81 bits per heavy atom. The zero-order valence-electron chi connectivity index (χ0n) is 18.9. The number of hydrogen-bond donors (Lipinski definition) is 5. The lowest BCUT2D eigenvalue weighted by atomic mass is 10.0. The highest BCUT2D eigenvalue weighted by Gasteiger charge is 2.26. The van der Waals surface area contributed by atoms with Gasteiger partial charge in [0.1, 0.15) is 17.9 Å². The van der Waals surface area contributed by atoms with Crippen LogP contribution in [0.1, 0.15) is 52.7 Å². The number of fused-ring (bicyclic) bond motifs is 2. The first-order valence-electron chi connectivity index (χ1n) is 11.0. The largest absolute Gasteiger partial charge is 0.369 e. The number of nitrogens with zero attached hydrogens (tertiary/aromatic N) is 2. The van der Waals surface area contributed by atoms with Gasteiger partial charge >= 0.3 is 0 Å². The predicted octanol–water partition coefficient (Wildman–Crippen LogP) is 0.808. The molecule has 2 heterocycles. The van der Waals surface area contributed by atoms with Crippen LogP contribution in [0.2, 0.25) is 0 Å². The Bertz CT molecular complexity index is 769. The van der Waals surface area contributed by atoms with Gasteiger partial charge in [-0.15, -0.1) is 0 Å². The molecule has 2 rings (SSSR count). The molecule has 172 valence electrons. The van der Waals surface area contributed by atoms with Crippen LogP contribution in [-0.4, -0.2) is 59.4 Å². The van der Waals surface area contributed by atoms with E-state index in [9.17, 15) is 14.4 Å². The third kappa shape index (κ3) is 8.03. The Balaban J connectivity index is 2.19. The molecule has 0 fully saturated rings. The lowest BCUT2D eigenvalue weighted by Gasteiger charge is -2.24. The lowest BCUT2D eigenvalue weighted by Crippen LogP contribution is -2.54. The van der Waals surface area contributed by atoms with Gasteiger partial charge in [0.2, 0.25) is 23.7 Å². The van der Waals surface area contributed by atoms with Crippen molar-refractivity contribution in [1.82, 2.24) is 25.9 Å². The number of amides is 3. The summed E-state index contributed by atoms with van der Waals surface area (Å²) >= 11 is 0. The third-order valence-electron chi connectivity index (χ3n) is 4.95. The molecule has 1 aromatic heterocycles. The summed E-state index contributed by atoms with van der Waals surface area (Å²) in [5.41, 5.74) is 0.768. The quantitative estimate of drug-likeness (QED) is 0.433. The number of carbonyl (C=O) groups excluding carboxylic acids is 3. The standard InChI is InChI=1S/C21H35N7O3/c1-5-6-9-24-21-26-15-7-10-23-19(30)14(4)25-20(31)18(13(2)3)28-17(29)8-11-22-16(12-15)27-21/h12-14,18H,5-11H2,1-4H3,(H,23,30)(H,25,31)(H,28,29)(H2,22,24,26,27)/t14-,18+/m0/s1. The topological polar surface area (TPSA) is 137 Å². The van der Waals surface area contributed by atoms with E-state index in [1.807, 2.05) is 19.9 Å². The van der Waals surface area contributed by atoms with Gasteiger partial charge in [-0.1, -0.05) is 27.2 Å². The number of aromatic nitrogens is 2. The predicted molar refractivity (Wildman–Crippen MR) is 120 cm³/mol. The van der Waals surface area contributed by atoms with Crippen LogP contribution < -0.4 is 26.6 Å². The minimum Gasteiger partial charge on any atom is -0.369 e. The van der Waals surface area contributed by atoms with Gasteiger partial charge in [0.25, 0.3) is 0 Å². The van der Waals surface area contributed by atoms with E-state index in [-0.39, 0.29) is 30.1 Å². The Morgan fingerprint density at radius 3 is 2.52 bits per heavy atom. The average molecular weight is 434 g/mol. The molecule has 0 saturated heterocycles. The summed E-state index contributed by atoms with van der Waals surface area (Å²) in [6.45, 7) is 8.96. The van der Waals surface area contributed by atoms with Gasteiger partial charge < -0.3 is 26.6 Å². The van der Waals surface area contributed by atoms with Crippen LogP contribution in [0.3, 0.4) is 0 Å². The van der Waals surface area contributed by atoms with Crippen LogP contribution in [-0.2, 0) is 20.8 Å². The molecule has 10 heteroatoms. The summed E-state index contributed by atoms with van der Waals surface area (Å²) in [6.07, 6.45) is 2.77. The maximum atomic E-state index is 12.6. The van der Waals surface area contributed by atoms with Crippen molar-refractivity contribution in [3.05, 3.63) is 11.8 Å². The van der Waals surface area contributed by atoms with Crippen LogP contribution in [0, 0.1) is 5.92 Å². The summed E-state index contributed by atoms with van der Waals surface area (Å²) in [7, 11) is 0.